The number of imidazole rings is 1. The third-order valence-corrected chi connectivity index (χ3v) is 2.86. The lowest BCUT2D eigenvalue weighted by Crippen LogP contribution is -2.43. The molecule has 0 aliphatic carbocycles. The maximum Gasteiger partial charge on any atom is 0.169 e. The molecule has 0 spiro atoms. The van der Waals surface area contributed by atoms with Gasteiger partial charge >= 0.3 is 0 Å². The second-order valence-electron chi connectivity index (χ2n) is 4.12. The number of hydrogen-bond donors (Lipinski definition) is 1. The number of rotatable bonds is 5. The fourth-order valence-corrected chi connectivity index (χ4v) is 1.71. The Hall–Kier alpha value is -1.14. The summed E-state index contributed by atoms with van der Waals surface area (Å²) >= 11 is 5.31. The summed E-state index contributed by atoms with van der Waals surface area (Å²) in [4.78, 5) is 6.22. The summed E-state index contributed by atoms with van der Waals surface area (Å²) in [5.74, 6) is 0.982. The van der Waals surface area contributed by atoms with Gasteiger partial charge in [-0.1, -0.05) is 0 Å². The molecule has 1 heterocycles. The van der Waals surface area contributed by atoms with Gasteiger partial charge in [-0.15, -0.1) is 0 Å². The van der Waals surface area contributed by atoms with Crippen LogP contribution in [0.15, 0.2) is 12.4 Å². The maximum absolute atomic E-state index is 5.31. The first-order valence-corrected chi connectivity index (χ1v) is 5.92. The van der Waals surface area contributed by atoms with Crippen LogP contribution in [-0.2, 0) is 18.3 Å². The van der Waals surface area contributed by atoms with E-state index in [4.69, 9.17) is 17.0 Å². The Bertz CT molecular complexity index is 366. The lowest BCUT2D eigenvalue weighted by atomic mass is 10.4. The zero-order valence-corrected chi connectivity index (χ0v) is 11.6. The lowest BCUT2D eigenvalue weighted by Gasteiger charge is -2.23. The van der Waals surface area contributed by atoms with Crippen molar-refractivity contribution in [1.82, 2.24) is 19.8 Å². The largest absolute Gasteiger partial charge is 0.383 e. The monoisotopic (exact) mass is 256 g/mol. The molecule has 0 fully saturated rings. The van der Waals surface area contributed by atoms with E-state index < -0.39 is 0 Å². The van der Waals surface area contributed by atoms with Gasteiger partial charge in [0.1, 0.15) is 5.82 Å². The highest BCUT2D eigenvalue weighted by Crippen LogP contribution is 2.00. The second-order valence-corrected chi connectivity index (χ2v) is 4.50. The maximum atomic E-state index is 5.31. The van der Waals surface area contributed by atoms with Crippen molar-refractivity contribution in [3.8, 4) is 0 Å². The molecule has 96 valence electrons. The summed E-state index contributed by atoms with van der Waals surface area (Å²) < 4.78 is 7.04. The molecule has 1 N–H and O–H groups in total. The van der Waals surface area contributed by atoms with E-state index in [1.807, 2.05) is 36.7 Å². The molecule has 5 nitrogen and oxygen atoms in total. The SMILES string of the molecule is COCC(C)NC(=S)N(C)Cc1nccn1C. The lowest BCUT2D eigenvalue weighted by molar-refractivity contribution is 0.178. The highest BCUT2D eigenvalue weighted by atomic mass is 32.1. The average molecular weight is 256 g/mol. The number of methoxy groups -OCH3 is 1. The minimum Gasteiger partial charge on any atom is -0.383 e. The molecule has 17 heavy (non-hydrogen) atoms. The average Bonchev–Trinajstić information content (AvgIpc) is 2.64. The predicted molar refractivity (Wildman–Crippen MR) is 71.7 cm³/mol. The molecule has 1 rings (SSSR count). The smallest absolute Gasteiger partial charge is 0.169 e. The number of ether oxygens (including phenoxy) is 1. The third kappa shape index (κ3) is 4.32. The number of aromatic nitrogens is 2. The van der Waals surface area contributed by atoms with Crippen LogP contribution < -0.4 is 5.32 Å². The van der Waals surface area contributed by atoms with Crippen LogP contribution >= 0.6 is 12.2 Å². The first kappa shape index (κ1) is 13.9. The Balaban J connectivity index is 2.45. The van der Waals surface area contributed by atoms with Crippen LogP contribution in [0.4, 0.5) is 0 Å². The molecule has 1 atom stereocenters. The first-order chi connectivity index (χ1) is 8.04. The summed E-state index contributed by atoms with van der Waals surface area (Å²) in [6, 6.07) is 0.205. The van der Waals surface area contributed by atoms with E-state index in [0.717, 1.165) is 5.82 Å². The van der Waals surface area contributed by atoms with Crippen molar-refractivity contribution in [2.24, 2.45) is 7.05 Å². The fraction of sp³-hybridized carbons (Fsp3) is 0.636. The molecule has 0 saturated heterocycles. The van der Waals surface area contributed by atoms with Gasteiger partial charge in [0.25, 0.3) is 0 Å². The molecule has 0 aliphatic rings. The second kappa shape index (κ2) is 6.56. The number of nitrogens with one attached hydrogen (secondary N) is 1. The van der Waals surface area contributed by atoms with Crippen LogP contribution in [0.1, 0.15) is 12.7 Å². The van der Waals surface area contributed by atoms with Gasteiger partial charge < -0.3 is 19.5 Å². The van der Waals surface area contributed by atoms with Crippen molar-refractivity contribution < 1.29 is 4.74 Å². The van der Waals surface area contributed by atoms with E-state index >= 15 is 0 Å². The van der Waals surface area contributed by atoms with Gasteiger partial charge in [-0.05, 0) is 19.1 Å². The van der Waals surface area contributed by atoms with Gasteiger partial charge in [0.05, 0.1) is 13.2 Å². The van der Waals surface area contributed by atoms with Crippen molar-refractivity contribution in [2.75, 3.05) is 20.8 Å². The quantitative estimate of drug-likeness (QED) is 0.788. The standard InChI is InChI=1S/C11H20N4OS/c1-9(8-16-4)13-11(17)15(3)7-10-12-5-6-14(10)2/h5-6,9H,7-8H2,1-4H3,(H,13,17). The third-order valence-electron chi connectivity index (χ3n) is 2.43. The van der Waals surface area contributed by atoms with Crippen molar-refractivity contribution in [2.45, 2.75) is 19.5 Å². The minimum absolute atomic E-state index is 0.205. The van der Waals surface area contributed by atoms with Crippen molar-refractivity contribution in [1.29, 1.82) is 0 Å². The molecule has 0 saturated carbocycles. The molecule has 1 unspecified atom stereocenters. The number of nitrogens with zero attached hydrogens (tertiary/aromatic N) is 3. The van der Waals surface area contributed by atoms with E-state index in [1.54, 1.807) is 13.3 Å². The number of thiocarbonyl (C=S) groups is 1. The Morgan fingerprint density at radius 3 is 2.94 bits per heavy atom. The van der Waals surface area contributed by atoms with Gasteiger partial charge in [0, 0.05) is 39.6 Å². The van der Waals surface area contributed by atoms with E-state index in [2.05, 4.69) is 10.3 Å². The summed E-state index contributed by atoms with van der Waals surface area (Å²) in [5.41, 5.74) is 0. The summed E-state index contributed by atoms with van der Waals surface area (Å²) in [6.45, 7) is 3.36. The van der Waals surface area contributed by atoms with Gasteiger partial charge in [-0.25, -0.2) is 4.98 Å². The van der Waals surface area contributed by atoms with E-state index in [9.17, 15) is 0 Å². The zero-order valence-electron chi connectivity index (χ0n) is 10.8. The summed E-state index contributed by atoms with van der Waals surface area (Å²) in [5, 5.41) is 3.91. The Kier molecular flexibility index (Phi) is 5.37. The van der Waals surface area contributed by atoms with Gasteiger partial charge in [0.2, 0.25) is 0 Å². The van der Waals surface area contributed by atoms with E-state index in [0.29, 0.717) is 18.3 Å². The van der Waals surface area contributed by atoms with Crippen molar-refractivity contribution in [3.05, 3.63) is 18.2 Å². The molecule has 0 amide bonds. The van der Waals surface area contributed by atoms with E-state index in [-0.39, 0.29) is 6.04 Å². The Labute approximate surface area is 108 Å². The molecular formula is C11H20N4OS. The topological polar surface area (TPSA) is 42.3 Å². The molecular weight excluding hydrogens is 236 g/mol. The Morgan fingerprint density at radius 1 is 1.71 bits per heavy atom. The Morgan fingerprint density at radius 2 is 2.41 bits per heavy atom. The van der Waals surface area contributed by atoms with Crippen LogP contribution in [0.25, 0.3) is 0 Å². The molecule has 1 aromatic heterocycles. The minimum atomic E-state index is 0.205. The first-order valence-electron chi connectivity index (χ1n) is 5.51. The highest BCUT2D eigenvalue weighted by molar-refractivity contribution is 7.80. The van der Waals surface area contributed by atoms with Crippen LogP contribution in [0, 0.1) is 0 Å². The number of hydrogen-bond acceptors (Lipinski definition) is 3. The van der Waals surface area contributed by atoms with Crippen LogP contribution in [0.2, 0.25) is 0 Å². The fourth-order valence-electron chi connectivity index (χ4n) is 1.45. The highest BCUT2D eigenvalue weighted by Gasteiger charge is 2.10. The van der Waals surface area contributed by atoms with Gasteiger partial charge in [0.15, 0.2) is 5.11 Å². The predicted octanol–water partition coefficient (Wildman–Crippen LogP) is 0.761. The van der Waals surface area contributed by atoms with Gasteiger partial charge in [-0.3, -0.25) is 0 Å². The van der Waals surface area contributed by atoms with Gasteiger partial charge in [-0.2, -0.15) is 0 Å². The number of aryl methyl sites for hydroxylation is 1. The van der Waals surface area contributed by atoms with Crippen molar-refractivity contribution >= 4 is 17.3 Å². The molecule has 6 heteroatoms. The zero-order chi connectivity index (χ0) is 12.8. The normalized spacial score (nSPS) is 12.2. The summed E-state index contributed by atoms with van der Waals surface area (Å²) in [7, 11) is 5.60. The molecule has 0 radical (unpaired) electrons. The van der Waals surface area contributed by atoms with Crippen LogP contribution in [0.5, 0.6) is 0 Å². The molecule has 0 aromatic carbocycles. The molecule has 1 aromatic rings. The van der Waals surface area contributed by atoms with Crippen molar-refractivity contribution in [3.63, 3.8) is 0 Å². The summed E-state index contributed by atoms with van der Waals surface area (Å²) in [6.07, 6.45) is 3.71. The van der Waals surface area contributed by atoms with Crippen LogP contribution in [0.3, 0.4) is 0 Å². The molecule has 0 aliphatic heterocycles. The van der Waals surface area contributed by atoms with E-state index in [1.165, 1.54) is 0 Å². The molecule has 0 bridgehead atoms. The van der Waals surface area contributed by atoms with Crippen LogP contribution in [-0.4, -0.2) is 46.4 Å².